The van der Waals surface area contributed by atoms with Gasteiger partial charge in [0.15, 0.2) is 11.6 Å². The largest absolute Gasteiger partial charge is 0.453 e. The molecule has 0 aliphatic rings. The van der Waals surface area contributed by atoms with Crippen molar-refractivity contribution in [2.24, 2.45) is 5.73 Å². The Morgan fingerprint density at radius 3 is 2.45 bits per heavy atom. The van der Waals surface area contributed by atoms with Gasteiger partial charge in [-0.05, 0) is 44.5 Å². The molecule has 0 radical (unpaired) electrons. The Hall–Kier alpha value is -2.20. The first-order chi connectivity index (χ1) is 9.69. The van der Waals surface area contributed by atoms with E-state index in [1.54, 1.807) is 0 Å². The van der Waals surface area contributed by atoms with Crippen LogP contribution in [0, 0.1) is 13.8 Å². The van der Waals surface area contributed by atoms with Crippen LogP contribution in [0.4, 0.5) is 0 Å². The lowest BCUT2D eigenvalue weighted by atomic mass is 10.1. The smallest absolute Gasteiger partial charge is 0.196 e. The van der Waals surface area contributed by atoms with Crippen molar-refractivity contribution < 1.29 is 4.42 Å². The van der Waals surface area contributed by atoms with E-state index in [4.69, 9.17) is 10.2 Å². The third kappa shape index (κ3) is 2.18. The van der Waals surface area contributed by atoms with E-state index in [1.807, 2.05) is 44.2 Å². The highest BCUT2D eigenvalue weighted by Gasteiger charge is 2.13. The van der Waals surface area contributed by atoms with Gasteiger partial charge in [0, 0.05) is 16.8 Å². The normalized spacial score (nSPS) is 11.2. The summed E-state index contributed by atoms with van der Waals surface area (Å²) in [6.07, 6.45) is 0.804. The molecule has 0 spiro atoms. The lowest BCUT2D eigenvalue weighted by Crippen LogP contribution is -2.09. The Morgan fingerprint density at radius 1 is 1.10 bits per heavy atom. The average Bonchev–Trinajstić information content (AvgIpc) is 2.86. The van der Waals surface area contributed by atoms with E-state index >= 15 is 0 Å². The van der Waals surface area contributed by atoms with E-state index in [-0.39, 0.29) is 0 Å². The minimum absolute atomic E-state index is 0.606. The first-order valence-corrected chi connectivity index (χ1v) is 6.72. The van der Waals surface area contributed by atoms with Crippen LogP contribution in [-0.2, 0) is 6.42 Å². The van der Waals surface area contributed by atoms with Crippen molar-refractivity contribution in [1.82, 2.24) is 9.97 Å². The van der Waals surface area contributed by atoms with Crippen LogP contribution in [0.25, 0.3) is 22.6 Å². The van der Waals surface area contributed by atoms with E-state index in [0.717, 1.165) is 34.3 Å². The molecule has 2 aromatic heterocycles. The number of aryl methyl sites for hydroxylation is 2. The van der Waals surface area contributed by atoms with E-state index in [2.05, 4.69) is 9.97 Å². The zero-order valence-electron chi connectivity index (χ0n) is 11.7. The highest BCUT2D eigenvalue weighted by molar-refractivity contribution is 5.81. The van der Waals surface area contributed by atoms with Gasteiger partial charge in [-0.15, -0.1) is 0 Å². The van der Waals surface area contributed by atoms with E-state index in [9.17, 15) is 0 Å². The molecule has 20 heavy (non-hydrogen) atoms. The second-order valence-electron chi connectivity index (χ2n) is 4.88. The molecule has 0 amide bonds. The maximum absolute atomic E-state index is 5.81. The maximum Gasteiger partial charge on any atom is 0.196 e. The van der Waals surface area contributed by atoms with Crippen molar-refractivity contribution in [3.63, 3.8) is 0 Å². The molecule has 0 fully saturated rings. The van der Waals surface area contributed by atoms with Crippen molar-refractivity contribution >= 4 is 11.0 Å². The molecule has 2 heterocycles. The number of rotatable bonds is 3. The van der Waals surface area contributed by atoms with Crippen LogP contribution >= 0.6 is 0 Å². The minimum Gasteiger partial charge on any atom is -0.453 e. The molecular weight excluding hydrogens is 250 g/mol. The van der Waals surface area contributed by atoms with Crippen LogP contribution in [0.2, 0.25) is 0 Å². The predicted octanol–water partition coefficient (Wildman–Crippen LogP) is 3.01. The van der Waals surface area contributed by atoms with Crippen LogP contribution in [-0.4, -0.2) is 16.5 Å². The lowest BCUT2D eigenvalue weighted by Gasteiger charge is -2.08. The Kier molecular flexibility index (Phi) is 3.24. The molecule has 3 rings (SSSR count). The number of nitrogens with two attached hydrogens (primary N) is 1. The number of hydrogen-bond acceptors (Lipinski definition) is 4. The van der Waals surface area contributed by atoms with Crippen molar-refractivity contribution in [2.45, 2.75) is 20.3 Å². The van der Waals surface area contributed by atoms with Gasteiger partial charge in [0.25, 0.3) is 0 Å². The lowest BCUT2D eigenvalue weighted by molar-refractivity contribution is 0.624. The molecule has 2 N–H and O–H groups in total. The molecule has 4 nitrogen and oxygen atoms in total. The minimum atomic E-state index is 0.606. The first kappa shape index (κ1) is 12.8. The van der Waals surface area contributed by atoms with Gasteiger partial charge in [-0.1, -0.05) is 18.2 Å². The Morgan fingerprint density at radius 2 is 1.80 bits per heavy atom. The second-order valence-corrected chi connectivity index (χ2v) is 4.88. The summed E-state index contributed by atoms with van der Waals surface area (Å²) in [4.78, 5) is 9.12. The molecule has 0 saturated carbocycles. The van der Waals surface area contributed by atoms with Crippen molar-refractivity contribution in [2.75, 3.05) is 6.54 Å². The van der Waals surface area contributed by atoms with Gasteiger partial charge in [0.2, 0.25) is 0 Å². The van der Waals surface area contributed by atoms with Crippen LogP contribution in [0.5, 0.6) is 0 Å². The van der Waals surface area contributed by atoms with E-state index in [1.165, 1.54) is 0 Å². The summed E-state index contributed by atoms with van der Waals surface area (Å²) in [6, 6.07) is 9.89. The number of nitrogens with zero attached hydrogens (tertiary/aromatic N) is 2. The molecule has 4 heteroatoms. The topological polar surface area (TPSA) is 64.9 Å². The zero-order chi connectivity index (χ0) is 14.1. The van der Waals surface area contributed by atoms with Gasteiger partial charge in [-0.3, -0.25) is 0 Å². The fourth-order valence-electron chi connectivity index (χ4n) is 2.45. The van der Waals surface area contributed by atoms with Crippen LogP contribution in [0.15, 0.2) is 34.7 Å². The molecule has 1 aromatic carbocycles. The van der Waals surface area contributed by atoms with Crippen LogP contribution < -0.4 is 5.73 Å². The monoisotopic (exact) mass is 267 g/mol. The maximum atomic E-state index is 5.81. The van der Waals surface area contributed by atoms with Gasteiger partial charge in [0.1, 0.15) is 5.58 Å². The molecule has 0 unspecified atom stereocenters. The van der Waals surface area contributed by atoms with Gasteiger partial charge in [-0.2, -0.15) is 0 Å². The van der Waals surface area contributed by atoms with E-state index in [0.29, 0.717) is 18.1 Å². The zero-order valence-corrected chi connectivity index (χ0v) is 11.7. The Labute approximate surface area is 117 Å². The number of hydrogen-bond donors (Lipinski definition) is 1. The SMILES string of the molecule is Cc1nc(-c2cc3ccccc3o2)nc(C)c1CCN. The summed E-state index contributed by atoms with van der Waals surface area (Å²) < 4.78 is 5.81. The second kappa shape index (κ2) is 5.06. The first-order valence-electron chi connectivity index (χ1n) is 6.72. The van der Waals surface area contributed by atoms with Gasteiger partial charge >= 0.3 is 0 Å². The molecular formula is C16H17N3O. The number of para-hydroxylation sites is 1. The number of fused-ring (bicyclic) bond motifs is 1. The molecule has 0 aliphatic heterocycles. The van der Waals surface area contributed by atoms with Crippen LogP contribution in [0.3, 0.4) is 0 Å². The highest BCUT2D eigenvalue weighted by Crippen LogP contribution is 2.26. The standard InChI is InChI=1S/C16H17N3O/c1-10-13(7-8-17)11(2)19-16(18-10)15-9-12-5-3-4-6-14(12)20-15/h3-6,9H,7-8,17H2,1-2H3. The molecule has 0 atom stereocenters. The molecule has 102 valence electrons. The molecule has 0 aliphatic carbocycles. The van der Waals surface area contributed by atoms with Gasteiger partial charge in [0.05, 0.1) is 0 Å². The molecule has 3 aromatic rings. The van der Waals surface area contributed by atoms with Gasteiger partial charge in [-0.25, -0.2) is 9.97 Å². The average molecular weight is 267 g/mol. The summed E-state index contributed by atoms with van der Waals surface area (Å²) in [6.45, 7) is 4.59. The summed E-state index contributed by atoms with van der Waals surface area (Å²) >= 11 is 0. The van der Waals surface area contributed by atoms with E-state index < -0.39 is 0 Å². The van der Waals surface area contributed by atoms with Crippen LogP contribution in [0.1, 0.15) is 17.0 Å². The summed E-state index contributed by atoms with van der Waals surface area (Å²) in [5.41, 5.74) is 9.55. The Bertz CT molecular complexity index is 705. The fraction of sp³-hybridized carbons (Fsp3) is 0.250. The van der Waals surface area contributed by atoms with Gasteiger partial charge < -0.3 is 10.2 Å². The van der Waals surface area contributed by atoms with Crippen molar-refractivity contribution in [3.05, 3.63) is 47.3 Å². The number of benzene rings is 1. The third-order valence-electron chi connectivity index (χ3n) is 3.46. The Balaban J connectivity index is 2.10. The molecule has 0 saturated heterocycles. The quantitative estimate of drug-likeness (QED) is 0.792. The predicted molar refractivity (Wildman–Crippen MR) is 79.5 cm³/mol. The number of aromatic nitrogens is 2. The summed E-state index contributed by atoms with van der Waals surface area (Å²) in [5, 5.41) is 1.06. The highest BCUT2D eigenvalue weighted by atomic mass is 16.3. The van der Waals surface area contributed by atoms with Crippen molar-refractivity contribution in [3.8, 4) is 11.6 Å². The fourth-order valence-corrected chi connectivity index (χ4v) is 2.45. The van der Waals surface area contributed by atoms with Crippen molar-refractivity contribution in [1.29, 1.82) is 0 Å². The molecule has 0 bridgehead atoms. The summed E-state index contributed by atoms with van der Waals surface area (Å²) in [5.74, 6) is 1.34. The number of furan rings is 1. The third-order valence-corrected chi connectivity index (χ3v) is 3.46. The summed E-state index contributed by atoms with van der Waals surface area (Å²) in [7, 11) is 0.